The number of aldehydes is 1. The third-order valence-corrected chi connectivity index (χ3v) is 4.63. The van der Waals surface area contributed by atoms with Crippen molar-refractivity contribution in [1.82, 2.24) is 4.90 Å². The molecule has 0 radical (unpaired) electrons. The van der Waals surface area contributed by atoms with Crippen LogP contribution in [0.3, 0.4) is 0 Å². The Morgan fingerprint density at radius 2 is 1.96 bits per heavy atom. The molecule has 2 rings (SSSR count). The summed E-state index contributed by atoms with van der Waals surface area (Å²) in [6.45, 7) is 6.62. The molecule has 0 aromatic heterocycles. The van der Waals surface area contributed by atoms with E-state index in [0.717, 1.165) is 7.11 Å². The summed E-state index contributed by atoms with van der Waals surface area (Å²) in [5.41, 5.74) is -0.967. The first-order valence-corrected chi connectivity index (χ1v) is 8.98. The van der Waals surface area contributed by atoms with Gasteiger partial charge >= 0.3 is 12.1 Å². The molecule has 1 aliphatic rings. The Morgan fingerprint density at radius 1 is 1.32 bits per heavy atom. The van der Waals surface area contributed by atoms with Crippen LogP contribution < -0.4 is 0 Å². The summed E-state index contributed by atoms with van der Waals surface area (Å²) in [5.74, 6) is -2.61. The molecule has 1 aromatic carbocycles. The Morgan fingerprint density at radius 3 is 2.46 bits per heavy atom. The molecule has 0 aliphatic carbocycles. The highest BCUT2D eigenvalue weighted by molar-refractivity contribution is 6.00. The van der Waals surface area contributed by atoms with Crippen LogP contribution in [0.5, 0.6) is 0 Å². The molecule has 0 spiro atoms. The maximum Gasteiger partial charge on any atom is 0.410 e. The normalized spacial score (nSPS) is 19.9. The Hall–Kier alpha value is -2.51. The van der Waals surface area contributed by atoms with Crippen LogP contribution in [0.2, 0.25) is 0 Å². The predicted molar refractivity (Wildman–Crippen MR) is 97.9 cm³/mol. The molecular formula is C20H25F2NO5. The van der Waals surface area contributed by atoms with Crippen molar-refractivity contribution in [1.29, 1.82) is 0 Å². The van der Waals surface area contributed by atoms with E-state index in [9.17, 15) is 23.2 Å². The second-order valence-corrected chi connectivity index (χ2v) is 7.83. The number of nitrogens with zero attached hydrogens (tertiary/aromatic N) is 1. The second-order valence-electron chi connectivity index (χ2n) is 7.83. The van der Waals surface area contributed by atoms with Gasteiger partial charge in [-0.25, -0.2) is 18.4 Å². The molecular weight excluding hydrogens is 372 g/mol. The van der Waals surface area contributed by atoms with E-state index in [1.54, 1.807) is 20.8 Å². The lowest BCUT2D eigenvalue weighted by molar-refractivity contribution is 0.0109. The minimum atomic E-state index is -1.54. The molecule has 1 aromatic rings. The number of aryl methyl sites for hydroxylation is 1. The standard InChI is InChI=1S/C20H25F2NO5/c1-11-8-13(17(22)14(10-24)16(11)18(25)27-5)12-6-7-23(9-15(12)21)19(26)28-20(2,3)4/h8,10,12,15H,6-7,9H2,1-5H3. The second kappa shape index (κ2) is 8.24. The minimum absolute atomic E-state index is 0.0172. The maximum atomic E-state index is 14.9. The zero-order valence-electron chi connectivity index (χ0n) is 16.7. The summed E-state index contributed by atoms with van der Waals surface area (Å²) in [6.07, 6.45) is -1.77. The average Bonchev–Trinajstić information content (AvgIpc) is 2.61. The van der Waals surface area contributed by atoms with Gasteiger partial charge in [0.05, 0.1) is 24.8 Å². The number of ether oxygens (including phenoxy) is 2. The number of hydrogen-bond donors (Lipinski definition) is 0. The van der Waals surface area contributed by atoms with Gasteiger partial charge in [-0.05, 0) is 45.2 Å². The Bertz CT molecular complexity index is 788. The number of halogens is 2. The van der Waals surface area contributed by atoms with Gasteiger partial charge in [-0.2, -0.15) is 0 Å². The Labute approximate surface area is 162 Å². The summed E-state index contributed by atoms with van der Waals surface area (Å²) in [7, 11) is 1.13. The average molecular weight is 397 g/mol. The first-order valence-electron chi connectivity index (χ1n) is 8.98. The van der Waals surface area contributed by atoms with Crippen molar-refractivity contribution in [3.05, 3.63) is 34.1 Å². The molecule has 2 unspecified atom stereocenters. The van der Waals surface area contributed by atoms with E-state index in [1.807, 2.05) is 0 Å². The number of hydrogen-bond acceptors (Lipinski definition) is 5. The van der Waals surface area contributed by atoms with Gasteiger partial charge in [0.15, 0.2) is 6.29 Å². The SMILES string of the molecule is COC(=O)c1c(C)cc(C2CCN(C(=O)OC(C)(C)C)CC2F)c(F)c1C=O. The fourth-order valence-electron chi connectivity index (χ4n) is 3.35. The van der Waals surface area contributed by atoms with Crippen molar-refractivity contribution in [2.45, 2.75) is 51.8 Å². The molecule has 6 nitrogen and oxygen atoms in total. The van der Waals surface area contributed by atoms with E-state index in [2.05, 4.69) is 4.74 Å². The highest BCUT2D eigenvalue weighted by atomic mass is 19.1. The van der Waals surface area contributed by atoms with E-state index in [4.69, 9.17) is 4.74 Å². The third-order valence-electron chi connectivity index (χ3n) is 4.63. The lowest BCUT2D eigenvalue weighted by Gasteiger charge is -2.36. The molecule has 1 aliphatic heterocycles. The molecule has 0 N–H and O–H groups in total. The van der Waals surface area contributed by atoms with Crippen LogP contribution in [0.1, 0.15) is 65.0 Å². The molecule has 1 amide bonds. The molecule has 0 saturated carbocycles. The van der Waals surface area contributed by atoms with Crippen LogP contribution in [0, 0.1) is 12.7 Å². The van der Waals surface area contributed by atoms with Gasteiger partial charge in [0.2, 0.25) is 0 Å². The molecule has 1 saturated heterocycles. The zero-order chi connectivity index (χ0) is 21.2. The summed E-state index contributed by atoms with van der Waals surface area (Å²) in [4.78, 5) is 36.7. The van der Waals surface area contributed by atoms with Crippen molar-refractivity contribution < 1.29 is 32.6 Å². The van der Waals surface area contributed by atoms with Crippen LogP contribution in [0.4, 0.5) is 13.6 Å². The molecule has 154 valence electrons. The third kappa shape index (κ3) is 4.48. The van der Waals surface area contributed by atoms with Crippen LogP contribution in [0.15, 0.2) is 6.07 Å². The topological polar surface area (TPSA) is 72.9 Å². The van der Waals surface area contributed by atoms with Crippen LogP contribution in [-0.4, -0.2) is 55.2 Å². The van der Waals surface area contributed by atoms with Crippen molar-refractivity contribution in [3.8, 4) is 0 Å². The van der Waals surface area contributed by atoms with Crippen LogP contribution in [0.25, 0.3) is 0 Å². The number of likely N-dealkylation sites (tertiary alicyclic amines) is 1. The van der Waals surface area contributed by atoms with Crippen LogP contribution in [-0.2, 0) is 9.47 Å². The summed E-state index contributed by atoms with van der Waals surface area (Å²) < 4.78 is 39.6. The lowest BCUT2D eigenvalue weighted by atomic mass is 9.84. The van der Waals surface area contributed by atoms with Gasteiger partial charge in [0.1, 0.15) is 17.6 Å². The first kappa shape index (κ1) is 21.8. The number of carbonyl (C=O) groups excluding carboxylic acids is 3. The number of rotatable bonds is 3. The summed E-state index contributed by atoms with van der Waals surface area (Å²) in [5, 5.41) is 0. The first-order chi connectivity index (χ1) is 13.0. The zero-order valence-corrected chi connectivity index (χ0v) is 16.7. The van der Waals surface area contributed by atoms with Gasteiger partial charge in [-0.15, -0.1) is 0 Å². The number of amides is 1. The minimum Gasteiger partial charge on any atom is -0.465 e. The number of methoxy groups -OCH3 is 1. The number of esters is 1. The molecule has 0 bridgehead atoms. The van der Waals surface area contributed by atoms with Crippen molar-refractivity contribution in [3.63, 3.8) is 0 Å². The smallest absolute Gasteiger partial charge is 0.410 e. The number of benzene rings is 1. The van der Waals surface area contributed by atoms with E-state index in [0.29, 0.717) is 5.56 Å². The van der Waals surface area contributed by atoms with Gasteiger partial charge in [-0.3, -0.25) is 4.79 Å². The molecule has 1 heterocycles. The largest absolute Gasteiger partial charge is 0.465 e. The van der Waals surface area contributed by atoms with Gasteiger partial charge in [0.25, 0.3) is 0 Å². The van der Waals surface area contributed by atoms with Gasteiger partial charge < -0.3 is 14.4 Å². The highest BCUT2D eigenvalue weighted by Crippen LogP contribution is 2.35. The van der Waals surface area contributed by atoms with E-state index < -0.39 is 41.1 Å². The molecule has 2 atom stereocenters. The van der Waals surface area contributed by atoms with E-state index in [1.165, 1.54) is 17.9 Å². The number of alkyl halides is 1. The monoisotopic (exact) mass is 397 g/mol. The van der Waals surface area contributed by atoms with E-state index >= 15 is 0 Å². The molecule has 8 heteroatoms. The fourth-order valence-corrected chi connectivity index (χ4v) is 3.35. The van der Waals surface area contributed by atoms with Crippen molar-refractivity contribution in [2.24, 2.45) is 0 Å². The van der Waals surface area contributed by atoms with Crippen molar-refractivity contribution in [2.75, 3.05) is 20.2 Å². The summed E-state index contributed by atoms with van der Waals surface area (Å²) >= 11 is 0. The van der Waals surface area contributed by atoms with E-state index in [-0.39, 0.29) is 36.9 Å². The van der Waals surface area contributed by atoms with Gasteiger partial charge in [0, 0.05) is 12.5 Å². The Kier molecular flexibility index (Phi) is 6.41. The van der Waals surface area contributed by atoms with Crippen molar-refractivity contribution >= 4 is 18.3 Å². The fraction of sp³-hybridized carbons (Fsp3) is 0.550. The summed E-state index contributed by atoms with van der Waals surface area (Å²) in [6, 6.07) is 1.37. The molecule has 28 heavy (non-hydrogen) atoms. The quantitative estimate of drug-likeness (QED) is 0.573. The number of carbonyl (C=O) groups is 3. The number of piperidine rings is 1. The lowest BCUT2D eigenvalue weighted by Crippen LogP contribution is -2.46. The molecule has 1 fully saturated rings. The van der Waals surface area contributed by atoms with Crippen LogP contribution >= 0.6 is 0 Å². The van der Waals surface area contributed by atoms with Gasteiger partial charge in [-0.1, -0.05) is 6.07 Å². The maximum absolute atomic E-state index is 14.9. The highest BCUT2D eigenvalue weighted by Gasteiger charge is 2.37. The predicted octanol–water partition coefficient (Wildman–Crippen LogP) is 3.80. The Balaban J connectivity index is 2.30.